The van der Waals surface area contributed by atoms with Crippen molar-refractivity contribution in [1.29, 1.82) is 0 Å². The van der Waals surface area contributed by atoms with Crippen molar-refractivity contribution in [3.05, 3.63) is 42.0 Å². The van der Waals surface area contributed by atoms with Crippen LogP contribution in [0.2, 0.25) is 0 Å². The minimum Gasteiger partial charge on any atom is -0.397 e. The molecule has 0 saturated heterocycles. The molecule has 1 heterocycles. The van der Waals surface area contributed by atoms with Crippen molar-refractivity contribution in [3.8, 4) is 0 Å². The maximum absolute atomic E-state index is 13.2. The standard InChI is InChI=1S/C12H15FN4/c1-16(7-9-6-15-17(2)8-9)12-5-10(13)3-4-11(12)14/h3-6,8H,7,14H2,1-2H3. The summed E-state index contributed by atoms with van der Waals surface area (Å²) in [6, 6.07) is 4.37. The number of aromatic nitrogens is 2. The van der Waals surface area contributed by atoms with Crippen molar-refractivity contribution in [3.63, 3.8) is 0 Å². The fraction of sp³-hybridized carbons (Fsp3) is 0.250. The van der Waals surface area contributed by atoms with Gasteiger partial charge in [-0.15, -0.1) is 0 Å². The van der Waals surface area contributed by atoms with Crippen LogP contribution in [0.5, 0.6) is 0 Å². The molecule has 0 radical (unpaired) electrons. The molecule has 2 rings (SSSR count). The first-order valence-corrected chi connectivity index (χ1v) is 5.30. The molecule has 0 spiro atoms. The molecule has 1 aromatic carbocycles. The Morgan fingerprint density at radius 3 is 2.88 bits per heavy atom. The van der Waals surface area contributed by atoms with Crippen LogP contribution in [0.25, 0.3) is 0 Å². The molecule has 0 saturated carbocycles. The van der Waals surface area contributed by atoms with Crippen LogP contribution in [0, 0.1) is 5.82 Å². The van der Waals surface area contributed by atoms with Crippen LogP contribution in [0.15, 0.2) is 30.6 Å². The Bertz CT molecular complexity index is 521. The number of nitrogens with two attached hydrogens (primary N) is 1. The van der Waals surface area contributed by atoms with E-state index in [1.165, 1.54) is 12.1 Å². The number of halogens is 1. The number of nitrogens with zero attached hydrogens (tertiary/aromatic N) is 3. The highest BCUT2D eigenvalue weighted by Gasteiger charge is 2.08. The van der Waals surface area contributed by atoms with E-state index in [0.29, 0.717) is 17.9 Å². The molecule has 0 unspecified atom stereocenters. The summed E-state index contributed by atoms with van der Waals surface area (Å²) in [6.45, 7) is 0.640. The lowest BCUT2D eigenvalue weighted by Gasteiger charge is -2.20. The van der Waals surface area contributed by atoms with Gasteiger partial charge in [-0.1, -0.05) is 0 Å². The molecule has 0 atom stereocenters. The zero-order valence-corrected chi connectivity index (χ0v) is 9.89. The zero-order valence-electron chi connectivity index (χ0n) is 9.89. The van der Waals surface area contributed by atoms with Crippen LogP contribution in [-0.2, 0) is 13.6 Å². The van der Waals surface area contributed by atoms with E-state index in [1.807, 2.05) is 25.2 Å². The molecule has 2 N–H and O–H groups in total. The number of aryl methyl sites for hydroxylation is 1. The highest BCUT2D eigenvalue weighted by molar-refractivity contribution is 5.67. The summed E-state index contributed by atoms with van der Waals surface area (Å²) in [5.74, 6) is -0.285. The molecular formula is C12H15FN4. The molecule has 1 aromatic heterocycles. The van der Waals surface area contributed by atoms with E-state index in [0.717, 1.165) is 5.56 Å². The Morgan fingerprint density at radius 1 is 1.47 bits per heavy atom. The van der Waals surface area contributed by atoms with Gasteiger partial charge in [-0.3, -0.25) is 4.68 Å². The topological polar surface area (TPSA) is 47.1 Å². The third kappa shape index (κ3) is 2.55. The van der Waals surface area contributed by atoms with Crippen LogP contribution in [0.1, 0.15) is 5.56 Å². The number of rotatable bonds is 3. The lowest BCUT2D eigenvalue weighted by molar-refractivity contribution is 0.627. The van der Waals surface area contributed by atoms with E-state index in [1.54, 1.807) is 16.9 Å². The van der Waals surface area contributed by atoms with Gasteiger partial charge < -0.3 is 10.6 Å². The van der Waals surface area contributed by atoms with Crippen LogP contribution in [0.4, 0.5) is 15.8 Å². The molecule has 17 heavy (non-hydrogen) atoms. The highest BCUT2D eigenvalue weighted by Crippen LogP contribution is 2.24. The summed E-state index contributed by atoms with van der Waals surface area (Å²) in [7, 11) is 3.73. The van der Waals surface area contributed by atoms with Crippen LogP contribution < -0.4 is 10.6 Å². The molecule has 4 nitrogen and oxygen atoms in total. The summed E-state index contributed by atoms with van der Waals surface area (Å²) in [5.41, 5.74) is 8.13. The average Bonchev–Trinajstić information content (AvgIpc) is 2.67. The fourth-order valence-electron chi connectivity index (χ4n) is 1.76. The Morgan fingerprint density at radius 2 is 2.24 bits per heavy atom. The van der Waals surface area contributed by atoms with Crippen LogP contribution >= 0.6 is 0 Å². The monoisotopic (exact) mass is 234 g/mol. The van der Waals surface area contributed by atoms with E-state index < -0.39 is 0 Å². The molecule has 0 fully saturated rings. The quantitative estimate of drug-likeness (QED) is 0.823. The molecular weight excluding hydrogens is 219 g/mol. The van der Waals surface area contributed by atoms with Gasteiger partial charge >= 0.3 is 0 Å². The summed E-state index contributed by atoms with van der Waals surface area (Å²) in [6.07, 6.45) is 3.71. The normalized spacial score (nSPS) is 10.5. The van der Waals surface area contributed by atoms with Gasteiger partial charge in [0.25, 0.3) is 0 Å². The molecule has 5 heteroatoms. The second kappa shape index (κ2) is 4.45. The minimum atomic E-state index is -0.285. The Labute approximate surface area is 99.5 Å². The predicted molar refractivity (Wildman–Crippen MR) is 66.1 cm³/mol. The van der Waals surface area contributed by atoms with Crippen molar-refractivity contribution >= 4 is 11.4 Å². The van der Waals surface area contributed by atoms with E-state index >= 15 is 0 Å². The van der Waals surface area contributed by atoms with Gasteiger partial charge in [0.05, 0.1) is 17.6 Å². The van der Waals surface area contributed by atoms with Gasteiger partial charge in [-0.25, -0.2) is 4.39 Å². The Kier molecular flexibility index (Phi) is 2.99. The van der Waals surface area contributed by atoms with Crippen molar-refractivity contribution in [2.24, 2.45) is 7.05 Å². The second-order valence-corrected chi connectivity index (χ2v) is 4.08. The van der Waals surface area contributed by atoms with Gasteiger partial charge in [0, 0.05) is 32.4 Å². The van der Waals surface area contributed by atoms with Gasteiger partial charge in [0.1, 0.15) is 5.82 Å². The minimum absolute atomic E-state index is 0.285. The summed E-state index contributed by atoms with van der Waals surface area (Å²) < 4.78 is 14.9. The molecule has 0 aliphatic heterocycles. The van der Waals surface area contributed by atoms with E-state index in [9.17, 15) is 4.39 Å². The van der Waals surface area contributed by atoms with Crippen molar-refractivity contribution in [2.75, 3.05) is 17.7 Å². The van der Waals surface area contributed by atoms with E-state index in [-0.39, 0.29) is 5.82 Å². The summed E-state index contributed by atoms with van der Waals surface area (Å²) in [4.78, 5) is 1.90. The molecule has 0 amide bonds. The highest BCUT2D eigenvalue weighted by atomic mass is 19.1. The SMILES string of the molecule is CN(Cc1cnn(C)c1)c1cc(F)ccc1N. The second-order valence-electron chi connectivity index (χ2n) is 4.08. The van der Waals surface area contributed by atoms with Crippen LogP contribution in [-0.4, -0.2) is 16.8 Å². The summed E-state index contributed by atoms with van der Waals surface area (Å²) in [5, 5.41) is 4.09. The maximum atomic E-state index is 13.2. The average molecular weight is 234 g/mol. The van der Waals surface area contributed by atoms with Crippen molar-refractivity contribution < 1.29 is 4.39 Å². The third-order valence-electron chi connectivity index (χ3n) is 2.58. The van der Waals surface area contributed by atoms with Crippen molar-refractivity contribution in [2.45, 2.75) is 6.54 Å². The first-order valence-electron chi connectivity index (χ1n) is 5.30. The predicted octanol–water partition coefficient (Wildman–Crippen LogP) is 1.78. The molecule has 2 aromatic rings. The van der Waals surface area contributed by atoms with Crippen molar-refractivity contribution in [1.82, 2.24) is 9.78 Å². The van der Waals surface area contributed by atoms with E-state index in [4.69, 9.17) is 5.73 Å². The van der Waals surface area contributed by atoms with Gasteiger partial charge in [-0.05, 0) is 18.2 Å². The lowest BCUT2D eigenvalue weighted by Crippen LogP contribution is -2.17. The van der Waals surface area contributed by atoms with Gasteiger partial charge in [-0.2, -0.15) is 5.10 Å². The zero-order chi connectivity index (χ0) is 12.4. The number of anilines is 2. The largest absolute Gasteiger partial charge is 0.397 e. The summed E-state index contributed by atoms with van der Waals surface area (Å²) >= 11 is 0. The van der Waals surface area contributed by atoms with Gasteiger partial charge in [0.15, 0.2) is 0 Å². The van der Waals surface area contributed by atoms with Gasteiger partial charge in [0.2, 0.25) is 0 Å². The Balaban J connectivity index is 2.19. The maximum Gasteiger partial charge on any atom is 0.125 e. The fourth-order valence-corrected chi connectivity index (χ4v) is 1.76. The molecule has 0 bridgehead atoms. The third-order valence-corrected chi connectivity index (χ3v) is 2.58. The Hall–Kier alpha value is -2.04. The smallest absolute Gasteiger partial charge is 0.125 e. The van der Waals surface area contributed by atoms with E-state index in [2.05, 4.69) is 5.10 Å². The molecule has 0 aliphatic rings. The number of nitrogen functional groups attached to an aromatic ring is 1. The molecule has 90 valence electrons. The molecule has 0 aliphatic carbocycles. The lowest BCUT2D eigenvalue weighted by atomic mass is 10.2. The first kappa shape index (κ1) is 11.4. The number of hydrogen-bond donors (Lipinski definition) is 1. The number of benzene rings is 1. The number of hydrogen-bond acceptors (Lipinski definition) is 3. The first-order chi connectivity index (χ1) is 8.06. The van der Waals surface area contributed by atoms with Crippen LogP contribution in [0.3, 0.4) is 0 Å².